The molecule has 0 saturated carbocycles. The van der Waals surface area contributed by atoms with Gasteiger partial charge in [-0.2, -0.15) is 0 Å². The van der Waals surface area contributed by atoms with Gasteiger partial charge in [0.25, 0.3) is 0 Å². The Labute approximate surface area is 175 Å². The first-order valence-electron chi connectivity index (χ1n) is 8.93. The van der Waals surface area contributed by atoms with Crippen LogP contribution in [-0.2, 0) is 11.3 Å². The standard InChI is InChI=1S/C21H18BrNO6/c1-12-7-15(16(24)10-26-21(25)18-5-6-20(22)29-18)13(2)23(12)9-14-3-4-17-19(8-14)28-11-27-17/h3-8H,9-11H2,1-2H3. The molecule has 0 amide bonds. The van der Waals surface area contributed by atoms with Crippen LogP contribution in [0.4, 0.5) is 0 Å². The Morgan fingerprint density at radius 1 is 1.10 bits per heavy atom. The van der Waals surface area contributed by atoms with Gasteiger partial charge in [0.2, 0.25) is 18.3 Å². The Kier molecular flexibility index (Phi) is 5.19. The SMILES string of the molecule is Cc1cc(C(=O)COC(=O)c2ccc(Br)o2)c(C)n1Cc1ccc2c(c1)OCO2. The molecule has 0 radical (unpaired) electrons. The summed E-state index contributed by atoms with van der Waals surface area (Å²) in [5.41, 5.74) is 3.30. The fraction of sp³-hybridized carbons (Fsp3) is 0.238. The maximum absolute atomic E-state index is 12.6. The van der Waals surface area contributed by atoms with E-state index in [4.69, 9.17) is 18.6 Å². The number of hydrogen-bond donors (Lipinski definition) is 0. The van der Waals surface area contributed by atoms with E-state index in [1.54, 1.807) is 6.07 Å². The average Bonchev–Trinajstić information content (AvgIpc) is 3.41. The van der Waals surface area contributed by atoms with Crippen LogP contribution in [0.15, 0.2) is 45.5 Å². The second-order valence-corrected chi connectivity index (χ2v) is 7.44. The lowest BCUT2D eigenvalue weighted by atomic mass is 10.1. The highest BCUT2D eigenvalue weighted by Crippen LogP contribution is 2.33. The van der Waals surface area contributed by atoms with Crippen LogP contribution in [0.5, 0.6) is 11.5 Å². The van der Waals surface area contributed by atoms with Gasteiger partial charge in [-0.25, -0.2) is 4.79 Å². The number of esters is 1. The van der Waals surface area contributed by atoms with Gasteiger partial charge in [-0.15, -0.1) is 0 Å². The van der Waals surface area contributed by atoms with Crippen molar-refractivity contribution in [3.63, 3.8) is 0 Å². The molecule has 1 aliphatic rings. The summed E-state index contributed by atoms with van der Waals surface area (Å²) in [5, 5.41) is 0. The Morgan fingerprint density at radius 3 is 2.66 bits per heavy atom. The quantitative estimate of drug-likeness (QED) is 0.404. The number of Topliss-reactive ketones (excluding diaryl/α,β-unsaturated/α-hetero) is 1. The number of aromatic nitrogens is 1. The minimum atomic E-state index is -0.682. The number of ether oxygens (including phenoxy) is 3. The summed E-state index contributed by atoms with van der Waals surface area (Å²) in [4.78, 5) is 24.6. The Bertz CT molecular complexity index is 1100. The monoisotopic (exact) mass is 459 g/mol. The molecule has 3 aromatic rings. The molecule has 1 aliphatic heterocycles. The van der Waals surface area contributed by atoms with Gasteiger partial charge in [0, 0.05) is 23.5 Å². The molecule has 29 heavy (non-hydrogen) atoms. The number of benzene rings is 1. The lowest BCUT2D eigenvalue weighted by Crippen LogP contribution is -2.15. The smallest absolute Gasteiger partial charge is 0.374 e. The lowest BCUT2D eigenvalue weighted by Gasteiger charge is -2.11. The van der Waals surface area contributed by atoms with Crippen molar-refractivity contribution in [2.45, 2.75) is 20.4 Å². The molecule has 8 heteroatoms. The molecule has 0 spiro atoms. The summed E-state index contributed by atoms with van der Waals surface area (Å²) in [6, 6.07) is 10.7. The largest absolute Gasteiger partial charge is 0.454 e. The molecule has 3 heterocycles. The second kappa shape index (κ2) is 7.79. The van der Waals surface area contributed by atoms with E-state index < -0.39 is 5.97 Å². The van der Waals surface area contributed by atoms with Crippen molar-refractivity contribution >= 4 is 27.7 Å². The number of carbonyl (C=O) groups excluding carboxylic acids is 2. The number of halogens is 1. The lowest BCUT2D eigenvalue weighted by molar-refractivity contribution is 0.0442. The van der Waals surface area contributed by atoms with E-state index in [1.165, 1.54) is 6.07 Å². The van der Waals surface area contributed by atoms with Gasteiger partial charge in [0.1, 0.15) is 0 Å². The van der Waals surface area contributed by atoms with Crippen LogP contribution in [0.3, 0.4) is 0 Å². The van der Waals surface area contributed by atoms with Crippen LogP contribution < -0.4 is 9.47 Å². The van der Waals surface area contributed by atoms with Crippen molar-refractivity contribution in [2.75, 3.05) is 13.4 Å². The molecular weight excluding hydrogens is 442 g/mol. The number of ketones is 1. The minimum Gasteiger partial charge on any atom is -0.454 e. The molecule has 0 atom stereocenters. The second-order valence-electron chi connectivity index (χ2n) is 6.66. The summed E-state index contributed by atoms with van der Waals surface area (Å²) in [6.45, 7) is 4.27. The summed E-state index contributed by atoms with van der Waals surface area (Å²) in [5.74, 6) is 0.541. The maximum Gasteiger partial charge on any atom is 0.374 e. The van der Waals surface area contributed by atoms with Crippen molar-refractivity contribution in [1.82, 2.24) is 4.57 Å². The number of fused-ring (bicyclic) bond motifs is 1. The summed E-state index contributed by atoms with van der Waals surface area (Å²) in [7, 11) is 0. The Morgan fingerprint density at radius 2 is 1.90 bits per heavy atom. The normalized spacial score (nSPS) is 12.2. The number of hydrogen-bond acceptors (Lipinski definition) is 6. The molecule has 150 valence electrons. The van der Waals surface area contributed by atoms with E-state index in [9.17, 15) is 9.59 Å². The third-order valence-electron chi connectivity index (χ3n) is 4.76. The Balaban J connectivity index is 1.46. The number of furan rings is 1. The van der Waals surface area contributed by atoms with Gasteiger partial charge in [0.05, 0.1) is 0 Å². The number of carbonyl (C=O) groups is 2. The topological polar surface area (TPSA) is 79.9 Å². The van der Waals surface area contributed by atoms with E-state index in [0.717, 1.165) is 28.5 Å². The predicted molar refractivity (Wildman–Crippen MR) is 107 cm³/mol. The van der Waals surface area contributed by atoms with Crippen LogP contribution in [0.1, 0.15) is 37.9 Å². The number of rotatable bonds is 6. The molecule has 7 nitrogen and oxygen atoms in total. The first kappa shape index (κ1) is 19.3. The number of nitrogens with zero attached hydrogens (tertiary/aromatic N) is 1. The van der Waals surface area contributed by atoms with Crippen molar-refractivity contribution in [3.05, 3.63) is 69.3 Å². The minimum absolute atomic E-state index is 0.0398. The fourth-order valence-corrected chi connectivity index (χ4v) is 3.56. The summed E-state index contributed by atoms with van der Waals surface area (Å²) in [6.07, 6.45) is 0. The van der Waals surface area contributed by atoms with Gasteiger partial charge in [-0.1, -0.05) is 6.07 Å². The first-order valence-corrected chi connectivity index (χ1v) is 9.72. The van der Waals surface area contributed by atoms with Crippen LogP contribution >= 0.6 is 15.9 Å². The molecular formula is C21H18BrNO6. The van der Waals surface area contributed by atoms with E-state index in [0.29, 0.717) is 16.8 Å². The highest BCUT2D eigenvalue weighted by atomic mass is 79.9. The van der Waals surface area contributed by atoms with Gasteiger partial charge in [0.15, 0.2) is 22.8 Å². The van der Waals surface area contributed by atoms with Crippen LogP contribution in [0.2, 0.25) is 0 Å². The highest BCUT2D eigenvalue weighted by molar-refractivity contribution is 9.10. The molecule has 4 rings (SSSR count). The zero-order chi connectivity index (χ0) is 20.5. The van der Waals surface area contributed by atoms with Gasteiger partial charge in [-0.3, -0.25) is 4.79 Å². The molecule has 0 aliphatic carbocycles. The Hall–Kier alpha value is -3.00. The zero-order valence-electron chi connectivity index (χ0n) is 15.9. The van der Waals surface area contributed by atoms with Crippen LogP contribution in [0.25, 0.3) is 0 Å². The van der Waals surface area contributed by atoms with Gasteiger partial charge >= 0.3 is 5.97 Å². The fourth-order valence-electron chi connectivity index (χ4n) is 3.25. The number of aryl methyl sites for hydroxylation is 1. The third kappa shape index (κ3) is 3.93. The van der Waals surface area contributed by atoms with Crippen molar-refractivity contribution in [2.24, 2.45) is 0 Å². The van der Waals surface area contributed by atoms with Gasteiger partial charge < -0.3 is 23.2 Å². The van der Waals surface area contributed by atoms with Crippen LogP contribution in [0, 0.1) is 13.8 Å². The average molecular weight is 460 g/mol. The predicted octanol–water partition coefficient (Wildman–Crippen LogP) is 4.28. The summed E-state index contributed by atoms with van der Waals surface area (Å²) >= 11 is 3.12. The van der Waals surface area contributed by atoms with Crippen molar-refractivity contribution in [3.8, 4) is 11.5 Å². The molecule has 0 saturated heterocycles. The van der Waals surface area contributed by atoms with E-state index >= 15 is 0 Å². The van der Waals surface area contributed by atoms with E-state index in [-0.39, 0.29) is 24.9 Å². The van der Waals surface area contributed by atoms with E-state index in [2.05, 4.69) is 15.9 Å². The van der Waals surface area contributed by atoms with Crippen LogP contribution in [-0.4, -0.2) is 29.7 Å². The van der Waals surface area contributed by atoms with Crippen molar-refractivity contribution in [1.29, 1.82) is 0 Å². The van der Waals surface area contributed by atoms with Crippen molar-refractivity contribution < 1.29 is 28.2 Å². The molecule has 1 aromatic carbocycles. The summed E-state index contributed by atoms with van der Waals surface area (Å²) < 4.78 is 23.5. The molecule has 0 fully saturated rings. The zero-order valence-corrected chi connectivity index (χ0v) is 17.4. The molecule has 0 N–H and O–H groups in total. The molecule has 0 bridgehead atoms. The highest BCUT2D eigenvalue weighted by Gasteiger charge is 2.20. The third-order valence-corrected chi connectivity index (χ3v) is 5.19. The maximum atomic E-state index is 12.6. The molecule has 0 unspecified atom stereocenters. The molecule has 2 aromatic heterocycles. The first-order chi connectivity index (χ1) is 13.9. The van der Waals surface area contributed by atoms with E-state index in [1.807, 2.05) is 42.7 Å². The van der Waals surface area contributed by atoms with Gasteiger partial charge in [-0.05, 0) is 65.7 Å².